The minimum absolute atomic E-state index is 0.0825. The van der Waals surface area contributed by atoms with E-state index in [2.05, 4.69) is 16.3 Å². The van der Waals surface area contributed by atoms with Gasteiger partial charge in [0.2, 0.25) is 11.8 Å². The van der Waals surface area contributed by atoms with E-state index in [1.807, 2.05) is 47.7 Å². The quantitative estimate of drug-likeness (QED) is 0.687. The van der Waals surface area contributed by atoms with Gasteiger partial charge in [0.1, 0.15) is 0 Å². The fourth-order valence-electron chi connectivity index (χ4n) is 3.55. The van der Waals surface area contributed by atoms with E-state index in [1.54, 1.807) is 11.3 Å². The van der Waals surface area contributed by atoms with E-state index in [9.17, 15) is 4.79 Å². The van der Waals surface area contributed by atoms with Crippen LogP contribution < -0.4 is 0 Å². The molecule has 5 nitrogen and oxygen atoms in total. The van der Waals surface area contributed by atoms with E-state index in [1.165, 1.54) is 0 Å². The average molecular weight is 367 g/mol. The highest BCUT2D eigenvalue weighted by atomic mass is 32.1. The summed E-state index contributed by atoms with van der Waals surface area (Å²) in [4.78, 5) is 14.8. The molecule has 0 saturated carbocycles. The molecule has 0 radical (unpaired) electrons. The molecule has 1 aliphatic heterocycles. The zero-order valence-corrected chi connectivity index (χ0v) is 15.8. The fraction of sp³-hybridized carbons (Fsp3) is 0.350. The molecule has 6 heteroatoms. The van der Waals surface area contributed by atoms with Crippen LogP contribution >= 0.6 is 11.3 Å². The Labute approximate surface area is 156 Å². The highest BCUT2D eigenvalue weighted by Gasteiger charge is 2.29. The summed E-state index contributed by atoms with van der Waals surface area (Å²) in [6.45, 7) is 5.44. The Kier molecular flexibility index (Phi) is 4.59. The van der Waals surface area contributed by atoms with Crippen LogP contribution in [0.3, 0.4) is 0 Å². The minimum atomic E-state index is 0.0825. The van der Waals surface area contributed by atoms with E-state index in [0.29, 0.717) is 18.3 Å². The molecule has 1 unspecified atom stereocenters. The molecule has 0 bridgehead atoms. The number of aromatic nitrogens is 2. The number of benzene rings is 1. The molecule has 1 amide bonds. The van der Waals surface area contributed by atoms with Crippen LogP contribution in [0.25, 0.3) is 11.5 Å². The van der Waals surface area contributed by atoms with Crippen molar-refractivity contribution in [1.29, 1.82) is 0 Å². The zero-order chi connectivity index (χ0) is 18.1. The molecule has 3 aromatic rings. The van der Waals surface area contributed by atoms with Crippen molar-refractivity contribution in [3.8, 4) is 11.5 Å². The minimum Gasteiger partial charge on any atom is -0.420 e. The van der Waals surface area contributed by atoms with Crippen LogP contribution in [0, 0.1) is 13.8 Å². The summed E-state index contributed by atoms with van der Waals surface area (Å²) in [7, 11) is 0. The highest BCUT2D eigenvalue weighted by Crippen LogP contribution is 2.29. The Morgan fingerprint density at radius 2 is 2.04 bits per heavy atom. The van der Waals surface area contributed by atoms with Gasteiger partial charge in [0.15, 0.2) is 0 Å². The molecule has 0 N–H and O–H groups in total. The molecule has 0 aliphatic carbocycles. The number of aryl methyl sites for hydroxylation is 2. The first-order chi connectivity index (χ1) is 12.6. The van der Waals surface area contributed by atoms with Crippen LogP contribution in [0.4, 0.5) is 0 Å². The molecule has 3 heterocycles. The van der Waals surface area contributed by atoms with Gasteiger partial charge in [-0.2, -0.15) is 11.3 Å². The number of hydrogen-bond donors (Lipinski definition) is 0. The summed E-state index contributed by atoms with van der Waals surface area (Å²) in [5, 5.41) is 12.4. The fourth-order valence-corrected chi connectivity index (χ4v) is 4.18. The normalized spacial score (nSPS) is 17.5. The Morgan fingerprint density at radius 1 is 1.23 bits per heavy atom. The third-order valence-corrected chi connectivity index (χ3v) is 5.42. The molecule has 1 saturated heterocycles. The molecule has 2 aromatic heterocycles. The maximum atomic E-state index is 12.9. The van der Waals surface area contributed by atoms with Crippen molar-refractivity contribution >= 4 is 17.2 Å². The van der Waals surface area contributed by atoms with Gasteiger partial charge in [-0.05, 0) is 50.3 Å². The summed E-state index contributed by atoms with van der Waals surface area (Å²) < 4.78 is 5.89. The Balaban J connectivity index is 1.51. The van der Waals surface area contributed by atoms with Gasteiger partial charge in [0.25, 0.3) is 5.91 Å². The van der Waals surface area contributed by atoms with Gasteiger partial charge in [-0.15, -0.1) is 10.2 Å². The first-order valence-corrected chi connectivity index (χ1v) is 9.78. The molecular weight excluding hydrogens is 346 g/mol. The number of carbonyl (C=O) groups is 1. The third kappa shape index (κ3) is 3.42. The van der Waals surface area contributed by atoms with Crippen molar-refractivity contribution in [2.45, 2.75) is 32.6 Å². The lowest BCUT2D eigenvalue weighted by molar-refractivity contribution is 0.0698. The number of thiophene rings is 1. The largest absolute Gasteiger partial charge is 0.420 e. The summed E-state index contributed by atoms with van der Waals surface area (Å²) in [5.74, 6) is 1.36. The molecule has 134 valence electrons. The van der Waals surface area contributed by atoms with Crippen LogP contribution in [0.1, 0.15) is 46.1 Å². The predicted octanol–water partition coefficient (Wildman–Crippen LogP) is 4.43. The smallest absolute Gasteiger partial charge is 0.253 e. The number of nitrogens with zero attached hydrogens (tertiary/aromatic N) is 3. The zero-order valence-electron chi connectivity index (χ0n) is 14.9. The summed E-state index contributed by atoms with van der Waals surface area (Å²) in [5.41, 5.74) is 3.93. The molecule has 1 aliphatic rings. The topological polar surface area (TPSA) is 59.2 Å². The van der Waals surface area contributed by atoms with Crippen LogP contribution in [0.15, 0.2) is 39.4 Å². The number of likely N-dealkylation sites (tertiary alicyclic amines) is 1. The molecule has 26 heavy (non-hydrogen) atoms. The Bertz CT molecular complexity index is 897. The first-order valence-electron chi connectivity index (χ1n) is 8.83. The van der Waals surface area contributed by atoms with Crippen molar-refractivity contribution in [2.75, 3.05) is 13.1 Å². The van der Waals surface area contributed by atoms with Crippen molar-refractivity contribution in [3.05, 3.63) is 57.6 Å². The standard InChI is InChI=1S/C20H21N3O2S/c1-13-8-14(2)10-17(9-13)20(24)23-6-3-4-15(11-23)18-21-22-19(25-18)16-5-7-26-12-16/h5,7-10,12,15H,3-4,6,11H2,1-2H3. The van der Waals surface area contributed by atoms with Crippen LogP contribution in [-0.2, 0) is 0 Å². The van der Waals surface area contributed by atoms with Crippen molar-refractivity contribution in [2.24, 2.45) is 0 Å². The maximum absolute atomic E-state index is 12.9. The van der Waals surface area contributed by atoms with Gasteiger partial charge in [-0.3, -0.25) is 4.79 Å². The van der Waals surface area contributed by atoms with E-state index in [0.717, 1.165) is 41.6 Å². The molecule has 4 rings (SSSR count). The second kappa shape index (κ2) is 7.03. The number of amides is 1. The number of hydrogen-bond acceptors (Lipinski definition) is 5. The van der Waals surface area contributed by atoms with Crippen LogP contribution in [0.5, 0.6) is 0 Å². The molecular formula is C20H21N3O2S. The molecule has 0 spiro atoms. The van der Waals surface area contributed by atoms with E-state index < -0.39 is 0 Å². The SMILES string of the molecule is Cc1cc(C)cc(C(=O)N2CCCC(c3nnc(-c4ccsc4)o3)C2)c1. The lowest BCUT2D eigenvalue weighted by Gasteiger charge is -2.31. The van der Waals surface area contributed by atoms with Gasteiger partial charge in [-0.1, -0.05) is 17.2 Å². The van der Waals surface area contributed by atoms with E-state index in [4.69, 9.17) is 4.42 Å². The average Bonchev–Trinajstić information content (AvgIpc) is 3.31. The lowest BCUT2D eigenvalue weighted by atomic mass is 9.97. The summed E-state index contributed by atoms with van der Waals surface area (Å²) >= 11 is 1.60. The number of rotatable bonds is 3. The van der Waals surface area contributed by atoms with Gasteiger partial charge in [-0.25, -0.2) is 0 Å². The van der Waals surface area contributed by atoms with Gasteiger partial charge in [0, 0.05) is 29.6 Å². The monoisotopic (exact) mass is 367 g/mol. The van der Waals surface area contributed by atoms with Crippen molar-refractivity contribution in [3.63, 3.8) is 0 Å². The summed E-state index contributed by atoms with van der Waals surface area (Å²) in [6, 6.07) is 7.97. The summed E-state index contributed by atoms with van der Waals surface area (Å²) in [6.07, 6.45) is 1.90. The van der Waals surface area contributed by atoms with Crippen molar-refractivity contribution < 1.29 is 9.21 Å². The number of piperidine rings is 1. The Morgan fingerprint density at radius 3 is 2.77 bits per heavy atom. The lowest BCUT2D eigenvalue weighted by Crippen LogP contribution is -2.39. The first kappa shape index (κ1) is 17.0. The Hall–Kier alpha value is -2.47. The second-order valence-electron chi connectivity index (χ2n) is 6.92. The van der Waals surface area contributed by atoms with Crippen LogP contribution in [-0.4, -0.2) is 34.1 Å². The van der Waals surface area contributed by atoms with Crippen molar-refractivity contribution in [1.82, 2.24) is 15.1 Å². The predicted molar refractivity (Wildman–Crippen MR) is 101 cm³/mol. The second-order valence-corrected chi connectivity index (χ2v) is 7.70. The van der Waals surface area contributed by atoms with E-state index >= 15 is 0 Å². The van der Waals surface area contributed by atoms with Gasteiger partial charge >= 0.3 is 0 Å². The molecule has 1 atom stereocenters. The maximum Gasteiger partial charge on any atom is 0.253 e. The molecule has 1 fully saturated rings. The van der Waals surface area contributed by atoms with E-state index in [-0.39, 0.29) is 11.8 Å². The van der Waals surface area contributed by atoms with Gasteiger partial charge in [0.05, 0.1) is 5.92 Å². The van der Waals surface area contributed by atoms with Gasteiger partial charge < -0.3 is 9.32 Å². The van der Waals surface area contributed by atoms with Crippen LogP contribution in [0.2, 0.25) is 0 Å². The third-order valence-electron chi connectivity index (χ3n) is 4.74. The number of carbonyl (C=O) groups excluding carboxylic acids is 1. The molecule has 1 aromatic carbocycles. The highest BCUT2D eigenvalue weighted by molar-refractivity contribution is 7.08.